The molecule has 0 spiro atoms. The molecule has 216 valence electrons. The first-order valence-corrected chi connectivity index (χ1v) is 17.3. The van der Waals surface area contributed by atoms with Crippen molar-refractivity contribution < 1.29 is 141 Å². The molecule has 0 aromatic carbocycles. The van der Waals surface area contributed by atoms with Crippen molar-refractivity contribution in [1.29, 1.82) is 0 Å². The Morgan fingerprint density at radius 1 is 0.615 bits per heavy atom. The van der Waals surface area contributed by atoms with Gasteiger partial charge >= 0.3 is 88.7 Å². The van der Waals surface area contributed by atoms with Crippen LogP contribution in [0.3, 0.4) is 0 Å². The fourth-order valence-corrected chi connectivity index (χ4v) is 5.76. The second-order valence-electron chi connectivity index (χ2n) is 8.55. The van der Waals surface area contributed by atoms with Crippen LogP contribution in [-0.4, -0.2) is 149 Å². The molecule has 2 atom stereocenters. The van der Waals surface area contributed by atoms with Crippen LogP contribution in [0.25, 0.3) is 0 Å². The normalized spacial score (nSPS) is 21.3. The van der Waals surface area contributed by atoms with Gasteiger partial charge in [0.05, 0.1) is 41.9 Å². The van der Waals surface area contributed by atoms with Crippen LogP contribution in [0.15, 0.2) is 0 Å². The van der Waals surface area contributed by atoms with Gasteiger partial charge in [0.25, 0.3) is 10.1 Å². The van der Waals surface area contributed by atoms with Gasteiger partial charge in [-0.2, -0.15) is 8.42 Å². The first-order valence-electron chi connectivity index (χ1n) is 11.0. The van der Waals surface area contributed by atoms with E-state index in [4.69, 9.17) is 4.55 Å². The summed E-state index contributed by atoms with van der Waals surface area (Å²) in [6.07, 6.45) is 0.390. The Labute approximate surface area is 298 Å². The quantitative estimate of drug-likeness (QED) is 0.129. The van der Waals surface area contributed by atoms with Crippen molar-refractivity contribution in [2.45, 2.75) is 24.9 Å². The molecule has 3 N–H and O–H groups in total. The minimum absolute atomic E-state index is 0. The number of rotatable bonds is 12. The zero-order chi connectivity index (χ0) is 27.6. The Kier molecular flexibility index (Phi) is 25.0. The standard InChI is InChI=1S/2C8H18N2O6S2.3Na/c2*11-17(12,13)5-1-8-7-10(3-2-9-8)4-6-18(14,15)16;;;/h2*8-9H,1-7H2,(H,11,12,13)(H,14,15,16);;;/q;;3*+1/p-3. The zero-order valence-electron chi connectivity index (χ0n) is 22.5. The van der Waals surface area contributed by atoms with Crippen LogP contribution in [0.1, 0.15) is 12.8 Å². The number of nitrogens with one attached hydrogen (secondary N) is 2. The van der Waals surface area contributed by atoms with Crippen LogP contribution < -0.4 is 99.3 Å². The molecule has 2 heterocycles. The first kappa shape index (κ1) is 45.9. The summed E-state index contributed by atoms with van der Waals surface area (Å²) in [6, 6.07) is -0.319. The number of hydrogen-bond donors (Lipinski definition) is 3. The third-order valence-electron chi connectivity index (χ3n) is 5.43. The van der Waals surface area contributed by atoms with Gasteiger partial charge in [0.2, 0.25) is 0 Å². The maximum Gasteiger partial charge on any atom is 1.00 e. The van der Waals surface area contributed by atoms with Crippen LogP contribution in [0.5, 0.6) is 0 Å². The Morgan fingerprint density at radius 3 is 1.26 bits per heavy atom. The summed E-state index contributed by atoms with van der Waals surface area (Å²) in [7, 11) is -16.7. The van der Waals surface area contributed by atoms with Gasteiger partial charge in [-0.3, -0.25) is 14.4 Å². The summed E-state index contributed by atoms with van der Waals surface area (Å²) in [4.78, 5) is 3.58. The average Bonchev–Trinajstić information content (AvgIpc) is 2.73. The predicted octanol–water partition coefficient (Wildman–Crippen LogP) is -13.2. The van der Waals surface area contributed by atoms with Crippen molar-refractivity contribution in [3.05, 3.63) is 0 Å². The second-order valence-corrected chi connectivity index (χ2v) is 14.7. The molecular weight excluding hydrogens is 637 g/mol. The molecule has 0 radical (unpaired) electrons. The van der Waals surface area contributed by atoms with Gasteiger partial charge in [-0.25, -0.2) is 25.3 Å². The van der Waals surface area contributed by atoms with Crippen molar-refractivity contribution in [3.8, 4) is 0 Å². The van der Waals surface area contributed by atoms with E-state index in [-0.39, 0.29) is 132 Å². The largest absolute Gasteiger partial charge is 1.00 e. The number of nitrogens with zero attached hydrogens (tertiary/aromatic N) is 2. The van der Waals surface area contributed by atoms with Crippen LogP contribution in [0.4, 0.5) is 0 Å². The van der Waals surface area contributed by atoms with E-state index < -0.39 is 57.7 Å². The van der Waals surface area contributed by atoms with Crippen LogP contribution in [-0.2, 0) is 40.5 Å². The molecule has 0 bridgehead atoms. The van der Waals surface area contributed by atoms with Crippen molar-refractivity contribution in [3.63, 3.8) is 0 Å². The van der Waals surface area contributed by atoms with E-state index >= 15 is 0 Å². The van der Waals surface area contributed by atoms with Gasteiger partial charge in [0.15, 0.2) is 0 Å². The van der Waals surface area contributed by atoms with Crippen molar-refractivity contribution in [2.24, 2.45) is 0 Å². The Bertz CT molecular complexity index is 939. The van der Waals surface area contributed by atoms with Gasteiger partial charge in [-0.15, -0.1) is 0 Å². The smallest absolute Gasteiger partial charge is 0.748 e. The molecule has 0 aromatic heterocycles. The van der Waals surface area contributed by atoms with Crippen molar-refractivity contribution in [1.82, 2.24) is 20.4 Å². The van der Waals surface area contributed by atoms with E-state index in [0.29, 0.717) is 39.3 Å². The van der Waals surface area contributed by atoms with Gasteiger partial charge in [0, 0.05) is 75.9 Å². The molecule has 23 heteroatoms. The fourth-order valence-electron chi connectivity index (χ4n) is 3.64. The maximum absolute atomic E-state index is 10.6. The summed E-state index contributed by atoms with van der Waals surface area (Å²) in [5, 5.41) is 6.11. The van der Waals surface area contributed by atoms with Gasteiger partial charge < -0.3 is 24.3 Å². The molecule has 2 rings (SSSR count). The van der Waals surface area contributed by atoms with Crippen LogP contribution in [0.2, 0.25) is 0 Å². The number of piperazine rings is 2. The molecule has 2 aliphatic rings. The SMILES string of the molecule is O=S(=O)([O-])CCC1CN(CCS(=O)(=O)O)CCN1.O=S(=O)([O-])CCC1CN(CCS(=O)(=O)[O-])CCN1.[Na+].[Na+].[Na+]. The van der Waals surface area contributed by atoms with E-state index in [0.717, 1.165) is 0 Å². The molecule has 2 aliphatic heterocycles. The molecule has 2 fully saturated rings. The summed E-state index contributed by atoms with van der Waals surface area (Å²) < 4.78 is 124. The van der Waals surface area contributed by atoms with E-state index in [1.54, 1.807) is 4.90 Å². The Morgan fingerprint density at radius 2 is 0.949 bits per heavy atom. The summed E-state index contributed by atoms with van der Waals surface area (Å²) in [5.74, 6) is -1.69. The van der Waals surface area contributed by atoms with Crippen LogP contribution >= 0.6 is 0 Å². The molecule has 2 saturated heterocycles. The predicted molar refractivity (Wildman–Crippen MR) is 126 cm³/mol. The molecule has 16 nitrogen and oxygen atoms in total. The topological polar surface area (TPSA) is 257 Å². The molecule has 0 saturated carbocycles. The molecular formula is C16H33N4Na3O12S4. The maximum atomic E-state index is 10.6. The molecule has 39 heavy (non-hydrogen) atoms. The third kappa shape index (κ3) is 27.7. The van der Waals surface area contributed by atoms with Gasteiger partial charge in [0.1, 0.15) is 0 Å². The molecule has 0 aliphatic carbocycles. The second kappa shape index (κ2) is 21.3. The summed E-state index contributed by atoms with van der Waals surface area (Å²) >= 11 is 0. The molecule has 0 amide bonds. The summed E-state index contributed by atoms with van der Waals surface area (Å²) in [6.45, 7) is 3.61. The van der Waals surface area contributed by atoms with E-state index in [2.05, 4.69) is 10.6 Å². The third-order valence-corrected chi connectivity index (χ3v) is 8.29. The fraction of sp³-hybridized carbons (Fsp3) is 1.00. The van der Waals surface area contributed by atoms with E-state index in [9.17, 15) is 47.3 Å². The van der Waals surface area contributed by atoms with Crippen LogP contribution in [0, 0.1) is 0 Å². The first-order chi connectivity index (χ1) is 16.3. The van der Waals surface area contributed by atoms with Gasteiger partial charge in [-0.1, -0.05) is 0 Å². The molecule has 0 aromatic rings. The van der Waals surface area contributed by atoms with E-state index in [1.807, 2.05) is 4.90 Å². The average molecular weight is 671 g/mol. The number of hydrogen-bond acceptors (Lipinski definition) is 15. The minimum atomic E-state index is -4.23. The van der Waals surface area contributed by atoms with E-state index in [1.165, 1.54) is 0 Å². The van der Waals surface area contributed by atoms with Gasteiger partial charge in [-0.05, 0) is 12.8 Å². The minimum Gasteiger partial charge on any atom is -0.748 e. The molecule has 2 unspecified atom stereocenters. The zero-order valence-corrected chi connectivity index (χ0v) is 31.8. The van der Waals surface area contributed by atoms with Crippen molar-refractivity contribution in [2.75, 3.05) is 75.4 Å². The Balaban J connectivity index is -0.000000617. The summed E-state index contributed by atoms with van der Waals surface area (Å²) in [5.41, 5.74) is 0. The van der Waals surface area contributed by atoms with Crippen molar-refractivity contribution >= 4 is 40.5 Å². The Hall–Kier alpha value is 2.48. The monoisotopic (exact) mass is 670 g/mol.